The lowest BCUT2D eigenvalue weighted by Crippen LogP contribution is -2.42. The molecule has 2 rings (SSSR count). The Hall–Kier alpha value is -1.65. The van der Waals surface area contributed by atoms with Gasteiger partial charge >= 0.3 is 0 Å². The van der Waals surface area contributed by atoms with Crippen LogP contribution in [0.15, 0.2) is 6.20 Å². The van der Waals surface area contributed by atoms with Crippen LogP contribution in [0.4, 0.5) is 5.69 Å². The standard InChI is InChI=1S/C16H26N4O/c1-5-9-17-13-10-18-15(11(2)3)19-14(13)16(21)20(4)12-7-6-8-12/h10-12,17H,5-9H2,1-4H3. The molecule has 0 radical (unpaired) electrons. The number of hydrogen-bond donors (Lipinski definition) is 1. The molecular formula is C16H26N4O. The molecule has 5 heteroatoms. The largest absolute Gasteiger partial charge is 0.382 e. The molecule has 0 atom stereocenters. The van der Waals surface area contributed by atoms with Gasteiger partial charge in [0.15, 0.2) is 5.69 Å². The lowest BCUT2D eigenvalue weighted by molar-refractivity contribution is 0.0646. The minimum atomic E-state index is 0.00241. The van der Waals surface area contributed by atoms with E-state index >= 15 is 0 Å². The molecule has 0 spiro atoms. The zero-order valence-electron chi connectivity index (χ0n) is 13.5. The summed E-state index contributed by atoms with van der Waals surface area (Å²) in [5.41, 5.74) is 1.26. The van der Waals surface area contributed by atoms with Gasteiger partial charge in [0.2, 0.25) is 0 Å². The highest BCUT2D eigenvalue weighted by Gasteiger charge is 2.28. The third kappa shape index (κ3) is 3.52. The Balaban J connectivity index is 2.27. The molecule has 0 saturated heterocycles. The highest BCUT2D eigenvalue weighted by molar-refractivity contribution is 5.97. The Kier molecular flexibility index (Phi) is 5.15. The molecule has 1 saturated carbocycles. The first kappa shape index (κ1) is 15.7. The van der Waals surface area contributed by atoms with Crippen LogP contribution in [0.1, 0.15) is 68.7 Å². The number of nitrogens with zero attached hydrogens (tertiary/aromatic N) is 3. The third-order valence-electron chi connectivity index (χ3n) is 4.03. The van der Waals surface area contributed by atoms with Crippen molar-refractivity contribution in [3.05, 3.63) is 17.7 Å². The van der Waals surface area contributed by atoms with E-state index in [0.29, 0.717) is 11.7 Å². The van der Waals surface area contributed by atoms with Crippen molar-refractivity contribution in [2.45, 2.75) is 58.4 Å². The fourth-order valence-electron chi connectivity index (χ4n) is 2.33. The first-order valence-electron chi connectivity index (χ1n) is 7.92. The summed E-state index contributed by atoms with van der Waals surface area (Å²) < 4.78 is 0. The van der Waals surface area contributed by atoms with Gasteiger partial charge < -0.3 is 10.2 Å². The molecule has 1 fully saturated rings. The Bertz CT molecular complexity index is 497. The first-order valence-corrected chi connectivity index (χ1v) is 7.92. The predicted octanol–water partition coefficient (Wildman–Crippen LogP) is 3.05. The van der Waals surface area contributed by atoms with Gasteiger partial charge in [-0.1, -0.05) is 20.8 Å². The molecule has 0 aromatic carbocycles. The van der Waals surface area contributed by atoms with Gasteiger partial charge in [-0.3, -0.25) is 4.79 Å². The van der Waals surface area contributed by atoms with E-state index in [9.17, 15) is 4.79 Å². The molecule has 1 aliphatic carbocycles. The molecule has 5 nitrogen and oxygen atoms in total. The van der Waals surface area contributed by atoms with Crippen molar-refractivity contribution in [3.8, 4) is 0 Å². The Morgan fingerprint density at radius 2 is 2.19 bits per heavy atom. The zero-order valence-corrected chi connectivity index (χ0v) is 13.5. The van der Waals surface area contributed by atoms with Crippen LogP contribution < -0.4 is 5.32 Å². The number of rotatable bonds is 6. The minimum Gasteiger partial charge on any atom is -0.382 e. The maximum atomic E-state index is 12.7. The van der Waals surface area contributed by atoms with Crippen molar-refractivity contribution in [2.24, 2.45) is 0 Å². The van der Waals surface area contributed by atoms with Gasteiger partial charge in [0.05, 0.1) is 11.9 Å². The van der Waals surface area contributed by atoms with Crippen molar-refractivity contribution in [1.82, 2.24) is 14.9 Å². The SMILES string of the molecule is CCCNc1cnc(C(C)C)nc1C(=O)N(C)C1CCC1. The van der Waals surface area contributed by atoms with Crippen LogP contribution in [0.5, 0.6) is 0 Å². The smallest absolute Gasteiger partial charge is 0.274 e. The maximum absolute atomic E-state index is 12.7. The molecule has 116 valence electrons. The highest BCUT2D eigenvalue weighted by atomic mass is 16.2. The van der Waals surface area contributed by atoms with E-state index in [1.54, 1.807) is 6.20 Å². The summed E-state index contributed by atoms with van der Waals surface area (Å²) >= 11 is 0. The number of nitrogens with one attached hydrogen (secondary N) is 1. The van der Waals surface area contributed by atoms with Crippen molar-refractivity contribution < 1.29 is 4.79 Å². The molecule has 1 heterocycles. The second-order valence-corrected chi connectivity index (χ2v) is 6.07. The number of hydrogen-bond acceptors (Lipinski definition) is 4. The van der Waals surface area contributed by atoms with Crippen molar-refractivity contribution in [1.29, 1.82) is 0 Å². The molecular weight excluding hydrogens is 264 g/mol. The number of carbonyl (C=O) groups excluding carboxylic acids is 1. The molecule has 0 aliphatic heterocycles. The van der Waals surface area contributed by atoms with E-state index in [4.69, 9.17) is 0 Å². The van der Waals surface area contributed by atoms with Crippen LogP contribution in [0.25, 0.3) is 0 Å². The molecule has 1 aromatic rings. The van der Waals surface area contributed by atoms with Gasteiger partial charge in [0.25, 0.3) is 5.91 Å². The summed E-state index contributed by atoms with van der Waals surface area (Å²) in [5.74, 6) is 0.941. The Morgan fingerprint density at radius 3 is 2.71 bits per heavy atom. The van der Waals surface area contributed by atoms with Gasteiger partial charge in [0, 0.05) is 25.6 Å². The minimum absolute atomic E-state index is 0.00241. The lowest BCUT2D eigenvalue weighted by atomic mass is 9.91. The van der Waals surface area contributed by atoms with E-state index in [2.05, 4.69) is 22.2 Å². The van der Waals surface area contributed by atoms with Gasteiger partial charge in [-0.05, 0) is 25.7 Å². The van der Waals surface area contributed by atoms with Crippen molar-refractivity contribution in [3.63, 3.8) is 0 Å². The van der Waals surface area contributed by atoms with Crippen LogP contribution in [-0.2, 0) is 0 Å². The summed E-state index contributed by atoms with van der Waals surface area (Å²) in [5, 5.41) is 3.27. The monoisotopic (exact) mass is 290 g/mol. The van der Waals surface area contributed by atoms with Crippen LogP contribution in [0.2, 0.25) is 0 Å². The molecule has 1 aromatic heterocycles. The quantitative estimate of drug-likeness (QED) is 0.875. The normalized spacial score (nSPS) is 14.9. The summed E-state index contributed by atoms with van der Waals surface area (Å²) in [7, 11) is 1.88. The molecule has 1 aliphatic rings. The zero-order chi connectivity index (χ0) is 15.4. The maximum Gasteiger partial charge on any atom is 0.274 e. The van der Waals surface area contributed by atoms with Crippen molar-refractivity contribution >= 4 is 11.6 Å². The predicted molar refractivity (Wildman–Crippen MR) is 84.6 cm³/mol. The number of aromatic nitrogens is 2. The molecule has 1 amide bonds. The lowest BCUT2D eigenvalue weighted by Gasteiger charge is -2.34. The van der Waals surface area contributed by atoms with Crippen LogP contribution >= 0.6 is 0 Å². The fourth-order valence-corrected chi connectivity index (χ4v) is 2.33. The van der Waals surface area contributed by atoms with Gasteiger partial charge in [0.1, 0.15) is 5.82 Å². The molecule has 1 N–H and O–H groups in total. The van der Waals surface area contributed by atoms with E-state index < -0.39 is 0 Å². The van der Waals surface area contributed by atoms with E-state index in [1.165, 1.54) is 6.42 Å². The molecule has 21 heavy (non-hydrogen) atoms. The van der Waals surface area contributed by atoms with E-state index in [-0.39, 0.29) is 11.8 Å². The van der Waals surface area contributed by atoms with Gasteiger partial charge in [-0.25, -0.2) is 9.97 Å². The van der Waals surface area contributed by atoms with Crippen LogP contribution in [-0.4, -0.2) is 40.4 Å². The second kappa shape index (κ2) is 6.87. The summed E-state index contributed by atoms with van der Waals surface area (Å²) in [6, 6.07) is 0.369. The van der Waals surface area contributed by atoms with Crippen molar-refractivity contribution in [2.75, 3.05) is 18.9 Å². The second-order valence-electron chi connectivity index (χ2n) is 6.07. The number of anilines is 1. The van der Waals surface area contributed by atoms with E-state index in [1.807, 2.05) is 25.8 Å². The summed E-state index contributed by atoms with van der Waals surface area (Å²) in [6.07, 6.45) is 6.16. The fraction of sp³-hybridized carbons (Fsp3) is 0.688. The molecule has 0 unspecified atom stereocenters. The molecule has 0 bridgehead atoms. The Morgan fingerprint density at radius 1 is 1.48 bits per heavy atom. The average Bonchev–Trinajstić information content (AvgIpc) is 2.42. The van der Waals surface area contributed by atoms with E-state index in [0.717, 1.165) is 37.3 Å². The highest BCUT2D eigenvalue weighted by Crippen LogP contribution is 2.26. The third-order valence-corrected chi connectivity index (χ3v) is 4.03. The number of amides is 1. The first-order chi connectivity index (χ1) is 10.0. The van der Waals surface area contributed by atoms with Crippen LogP contribution in [0, 0.1) is 0 Å². The van der Waals surface area contributed by atoms with Gasteiger partial charge in [-0.15, -0.1) is 0 Å². The number of carbonyl (C=O) groups is 1. The topological polar surface area (TPSA) is 58.1 Å². The Labute approximate surface area is 127 Å². The average molecular weight is 290 g/mol. The van der Waals surface area contributed by atoms with Gasteiger partial charge in [-0.2, -0.15) is 0 Å². The summed E-state index contributed by atoms with van der Waals surface area (Å²) in [6.45, 7) is 6.99. The van der Waals surface area contributed by atoms with Crippen LogP contribution in [0.3, 0.4) is 0 Å². The summed E-state index contributed by atoms with van der Waals surface area (Å²) in [4.78, 5) is 23.5.